The number of hydrogen-bond donors (Lipinski definition) is 2. The van der Waals surface area contributed by atoms with Gasteiger partial charge < -0.3 is 5.73 Å². The summed E-state index contributed by atoms with van der Waals surface area (Å²) >= 11 is 1.49. The van der Waals surface area contributed by atoms with Crippen molar-refractivity contribution in [3.05, 3.63) is 24.0 Å². The molecule has 18 heavy (non-hydrogen) atoms. The van der Waals surface area contributed by atoms with Crippen LogP contribution in [-0.2, 0) is 0 Å². The number of anilines is 1. The Morgan fingerprint density at radius 2 is 2.17 bits per heavy atom. The van der Waals surface area contributed by atoms with Gasteiger partial charge in [-0.3, -0.25) is 5.10 Å². The number of nitrogens with one attached hydrogen (secondary N) is 1. The van der Waals surface area contributed by atoms with Gasteiger partial charge >= 0.3 is 0 Å². The summed E-state index contributed by atoms with van der Waals surface area (Å²) in [5, 5.41) is 7.89. The standard InChI is InChI=1S/C12H11N5S/c13-12-14-8-4-3-7(5-9(8)18-12)11-15-10(16-17-11)6-1-2-6/h3-6H,1-2H2,(H2,13,14)(H,15,16,17). The predicted octanol–water partition coefficient (Wildman–Crippen LogP) is 2.54. The molecule has 5 nitrogen and oxygen atoms in total. The largest absolute Gasteiger partial charge is 0.375 e. The number of nitrogen functional groups attached to an aromatic ring is 1. The van der Waals surface area contributed by atoms with Gasteiger partial charge in [-0.15, -0.1) is 0 Å². The van der Waals surface area contributed by atoms with Crippen LogP contribution in [0.25, 0.3) is 21.6 Å². The molecule has 90 valence electrons. The van der Waals surface area contributed by atoms with Crippen LogP contribution < -0.4 is 5.73 Å². The minimum absolute atomic E-state index is 0.592. The highest BCUT2D eigenvalue weighted by Crippen LogP contribution is 2.38. The molecule has 0 atom stereocenters. The van der Waals surface area contributed by atoms with Crippen LogP contribution in [0.5, 0.6) is 0 Å². The van der Waals surface area contributed by atoms with Crippen LogP contribution >= 0.6 is 11.3 Å². The van der Waals surface area contributed by atoms with Crippen molar-refractivity contribution in [3.63, 3.8) is 0 Å². The van der Waals surface area contributed by atoms with Gasteiger partial charge in [-0.1, -0.05) is 11.3 Å². The van der Waals surface area contributed by atoms with Crippen molar-refractivity contribution >= 4 is 26.7 Å². The van der Waals surface area contributed by atoms with Gasteiger partial charge in [-0.05, 0) is 31.0 Å². The lowest BCUT2D eigenvalue weighted by molar-refractivity contribution is 0.935. The molecule has 0 saturated heterocycles. The molecule has 0 amide bonds. The van der Waals surface area contributed by atoms with Crippen LogP contribution in [0.1, 0.15) is 24.6 Å². The summed E-state index contributed by atoms with van der Waals surface area (Å²) < 4.78 is 1.07. The molecule has 0 bridgehead atoms. The number of rotatable bonds is 2. The van der Waals surface area contributed by atoms with E-state index in [1.165, 1.54) is 24.2 Å². The summed E-state index contributed by atoms with van der Waals surface area (Å²) in [6, 6.07) is 6.00. The van der Waals surface area contributed by atoms with Gasteiger partial charge in [-0.25, -0.2) is 9.97 Å². The fourth-order valence-corrected chi connectivity index (χ4v) is 2.80. The summed E-state index contributed by atoms with van der Waals surface area (Å²) in [6.45, 7) is 0. The molecule has 1 aromatic carbocycles. The van der Waals surface area contributed by atoms with E-state index < -0.39 is 0 Å². The molecule has 0 radical (unpaired) electrons. The van der Waals surface area contributed by atoms with Crippen molar-refractivity contribution in [2.75, 3.05) is 5.73 Å². The first-order valence-electron chi connectivity index (χ1n) is 5.88. The fraction of sp³-hybridized carbons (Fsp3) is 0.250. The number of aromatic nitrogens is 4. The van der Waals surface area contributed by atoms with Crippen LogP contribution in [-0.4, -0.2) is 20.2 Å². The minimum atomic E-state index is 0.592. The summed E-state index contributed by atoms with van der Waals surface area (Å²) in [5.74, 6) is 2.36. The van der Waals surface area contributed by atoms with E-state index in [4.69, 9.17) is 5.73 Å². The third kappa shape index (κ3) is 1.57. The molecule has 0 unspecified atom stereocenters. The SMILES string of the molecule is Nc1nc2ccc(-c3n[nH]c(C4CC4)n3)cc2s1. The van der Waals surface area contributed by atoms with Crippen molar-refractivity contribution in [2.24, 2.45) is 0 Å². The van der Waals surface area contributed by atoms with E-state index >= 15 is 0 Å². The topological polar surface area (TPSA) is 80.5 Å². The van der Waals surface area contributed by atoms with E-state index in [1.807, 2.05) is 18.2 Å². The number of H-pyrrole nitrogens is 1. The number of nitrogens with two attached hydrogens (primary N) is 1. The first kappa shape index (κ1) is 10.0. The van der Waals surface area contributed by atoms with E-state index in [9.17, 15) is 0 Å². The second kappa shape index (κ2) is 3.52. The quantitative estimate of drug-likeness (QED) is 0.739. The number of thiazole rings is 1. The van der Waals surface area contributed by atoms with Crippen molar-refractivity contribution < 1.29 is 0 Å². The Kier molecular flexibility index (Phi) is 1.96. The van der Waals surface area contributed by atoms with E-state index in [0.717, 1.165) is 27.4 Å². The van der Waals surface area contributed by atoms with Gasteiger partial charge in [0.15, 0.2) is 11.0 Å². The molecule has 2 heterocycles. The lowest BCUT2D eigenvalue weighted by atomic mass is 10.2. The molecule has 1 fully saturated rings. The van der Waals surface area contributed by atoms with Crippen LogP contribution in [0.4, 0.5) is 5.13 Å². The molecular formula is C12H11N5S. The molecule has 3 aromatic rings. The maximum Gasteiger partial charge on any atom is 0.181 e. The molecular weight excluding hydrogens is 246 g/mol. The Morgan fingerprint density at radius 3 is 3.00 bits per heavy atom. The Hall–Kier alpha value is -1.95. The zero-order valence-electron chi connectivity index (χ0n) is 9.55. The van der Waals surface area contributed by atoms with Gasteiger partial charge in [0.05, 0.1) is 10.2 Å². The number of fused-ring (bicyclic) bond motifs is 1. The molecule has 1 aliphatic rings. The maximum absolute atomic E-state index is 5.70. The number of hydrogen-bond acceptors (Lipinski definition) is 5. The van der Waals surface area contributed by atoms with Gasteiger partial charge in [-0.2, -0.15) is 5.10 Å². The first-order valence-corrected chi connectivity index (χ1v) is 6.70. The molecule has 1 saturated carbocycles. The van der Waals surface area contributed by atoms with Gasteiger partial charge in [0.1, 0.15) is 5.82 Å². The van der Waals surface area contributed by atoms with Crippen LogP contribution in [0.15, 0.2) is 18.2 Å². The van der Waals surface area contributed by atoms with Gasteiger partial charge in [0, 0.05) is 11.5 Å². The Balaban J connectivity index is 1.79. The van der Waals surface area contributed by atoms with E-state index in [0.29, 0.717) is 11.0 Å². The zero-order valence-corrected chi connectivity index (χ0v) is 10.4. The Morgan fingerprint density at radius 1 is 1.28 bits per heavy atom. The maximum atomic E-state index is 5.70. The van der Waals surface area contributed by atoms with Crippen LogP contribution in [0, 0.1) is 0 Å². The van der Waals surface area contributed by atoms with Crippen molar-refractivity contribution in [2.45, 2.75) is 18.8 Å². The smallest absolute Gasteiger partial charge is 0.181 e. The van der Waals surface area contributed by atoms with E-state index in [-0.39, 0.29) is 0 Å². The number of aromatic amines is 1. The average molecular weight is 257 g/mol. The van der Waals surface area contributed by atoms with E-state index in [2.05, 4.69) is 20.2 Å². The normalized spacial score (nSPS) is 15.3. The Bertz CT molecular complexity index is 725. The molecule has 1 aliphatic carbocycles. The molecule has 0 spiro atoms. The highest BCUT2D eigenvalue weighted by atomic mass is 32.1. The summed E-state index contributed by atoms with van der Waals surface area (Å²) in [4.78, 5) is 8.78. The van der Waals surface area contributed by atoms with Crippen LogP contribution in [0.2, 0.25) is 0 Å². The highest BCUT2D eigenvalue weighted by molar-refractivity contribution is 7.22. The molecule has 3 N–H and O–H groups in total. The number of nitrogens with zero attached hydrogens (tertiary/aromatic N) is 3. The fourth-order valence-electron chi connectivity index (χ4n) is 2.02. The van der Waals surface area contributed by atoms with Gasteiger partial charge in [0.2, 0.25) is 0 Å². The Labute approximate surface area is 107 Å². The zero-order chi connectivity index (χ0) is 12.1. The van der Waals surface area contributed by atoms with Crippen molar-refractivity contribution in [1.29, 1.82) is 0 Å². The third-order valence-electron chi connectivity index (χ3n) is 3.13. The molecule has 6 heteroatoms. The third-order valence-corrected chi connectivity index (χ3v) is 3.98. The van der Waals surface area contributed by atoms with Gasteiger partial charge in [0.25, 0.3) is 0 Å². The van der Waals surface area contributed by atoms with Crippen molar-refractivity contribution in [3.8, 4) is 11.4 Å². The molecule has 2 aromatic heterocycles. The van der Waals surface area contributed by atoms with Crippen molar-refractivity contribution in [1.82, 2.24) is 20.2 Å². The van der Waals surface area contributed by atoms with E-state index in [1.54, 1.807) is 0 Å². The summed E-state index contributed by atoms with van der Waals surface area (Å²) in [7, 11) is 0. The molecule has 0 aliphatic heterocycles. The minimum Gasteiger partial charge on any atom is -0.375 e. The monoisotopic (exact) mass is 257 g/mol. The number of benzene rings is 1. The highest BCUT2D eigenvalue weighted by Gasteiger charge is 2.27. The lowest BCUT2D eigenvalue weighted by Crippen LogP contribution is -1.82. The average Bonchev–Trinajstić information content (AvgIpc) is 2.97. The second-order valence-corrected chi connectivity index (χ2v) is 5.62. The van der Waals surface area contributed by atoms with Crippen LogP contribution in [0.3, 0.4) is 0 Å². The summed E-state index contributed by atoms with van der Waals surface area (Å²) in [5.41, 5.74) is 7.64. The lowest BCUT2D eigenvalue weighted by Gasteiger charge is -1.94. The molecule has 4 rings (SSSR count). The second-order valence-electron chi connectivity index (χ2n) is 4.55. The summed E-state index contributed by atoms with van der Waals surface area (Å²) in [6.07, 6.45) is 2.44. The first-order chi connectivity index (χ1) is 8.79. The predicted molar refractivity (Wildman–Crippen MR) is 71.4 cm³/mol.